The lowest BCUT2D eigenvalue weighted by Gasteiger charge is -2.35. The highest BCUT2D eigenvalue weighted by atomic mass is 32.2. The molecular formula is C22H23F2N3O2S. The first kappa shape index (κ1) is 20.8. The van der Waals surface area contributed by atoms with Crippen LogP contribution in [-0.2, 0) is 14.4 Å². The molecule has 2 aliphatic rings. The number of benzene rings is 1. The van der Waals surface area contributed by atoms with Crippen molar-refractivity contribution in [2.75, 3.05) is 11.5 Å². The van der Waals surface area contributed by atoms with Crippen molar-refractivity contribution in [2.24, 2.45) is 0 Å². The van der Waals surface area contributed by atoms with E-state index in [9.17, 15) is 13.6 Å². The Kier molecular flexibility index (Phi) is 5.79. The Bertz CT molecular complexity index is 959. The van der Waals surface area contributed by atoms with E-state index >= 15 is 0 Å². The highest BCUT2D eigenvalue weighted by Crippen LogP contribution is 2.47. The van der Waals surface area contributed by atoms with Crippen molar-refractivity contribution in [1.29, 1.82) is 0 Å². The molecule has 5 nitrogen and oxygen atoms in total. The van der Waals surface area contributed by atoms with Gasteiger partial charge in [0.25, 0.3) is 5.91 Å². The van der Waals surface area contributed by atoms with Crippen molar-refractivity contribution in [2.45, 2.75) is 44.2 Å². The molecule has 3 heterocycles. The minimum atomic E-state index is -1.14. The van der Waals surface area contributed by atoms with Crippen LogP contribution in [0.5, 0.6) is 0 Å². The highest BCUT2D eigenvalue weighted by Gasteiger charge is 2.43. The van der Waals surface area contributed by atoms with Gasteiger partial charge in [-0.15, -0.1) is 0 Å². The number of pyridine rings is 1. The van der Waals surface area contributed by atoms with Gasteiger partial charge in [-0.2, -0.15) is 0 Å². The summed E-state index contributed by atoms with van der Waals surface area (Å²) < 4.78 is 34.8. The average molecular weight is 432 g/mol. The lowest BCUT2D eigenvalue weighted by Crippen LogP contribution is -2.47. The molecule has 1 aromatic carbocycles. The zero-order valence-corrected chi connectivity index (χ0v) is 17.6. The molecule has 8 heteroatoms. The molecular weight excluding hydrogens is 408 g/mol. The lowest BCUT2D eigenvalue weighted by molar-refractivity contribution is -0.119. The summed E-state index contributed by atoms with van der Waals surface area (Å²) in [7, 11) is 0. The summed E-state index contributed by atoms with van der Waals surface area (Å²) in [6, 6.07) is 7.33. The summed E-state index contributed by atoms with van der Waals surface area (Å²) in [6.45, 7) is 4.03. The molecule has 30 heavy (non-hydrogen) atoms. The van der Waals surface area contributed by atoms with Crippen LogP contribution in [0.3, 0.4) is 0 Å². The number of aromatic nitrogens is 1. The molecule has 1 fully saturated rings. The van der Waals surface area contributed by atoms with E-state index in [0.717, 1.165) is 12.8 Å². The number of ether oxygens (including phenoxy) is 1. The molecule has 2 aromatic rings. The van der Waals surface area contributed by atoms with Crippen LogP contribution in [0.1, 0.15) is 38.7 Å². The largest absolute Gasteiger partial charge is 0.362 e. The molecule has 4 rings (SSSR count). The standard InChI is InChI=1S/C22H23F2N3O2S/c1-14-20(26-22(2,30-14)19-16(23)8-5-9-17(19)24)21(28)27(15-7-6-11-25-13-15)18-10-3-4-12-29-18/h5-9,11,13,18,26H,3-4,10,12H2,1-2H3. The van der Waals surface area contributed by atoms with E-state index in [1.807, 2.05) is 0 Å². The number of allylic oxidation sites excluding steroid dienone is 1. The third-order valence-corrected chi connectivity index (χ3v) is 6.54. The van der Waals surface area contributed by atoms with Crippen LogP contribution in [0.4, 0.5) is 14.5 Å². The number of amides is 1. The summed E-state index contributed by atoms with van der Waals surface area (Å²) in [5, 5.41) is 3.10. The maximum absolute atomic E-state index is 14.5. The Morgan fingerprint density at radius 1 is 1.27 bits per heavy atom. The molecule has 0 saturated carbocycles. The Balaban J connectivity index is 1.67. The second kappa shape index (κ2) is 8.35. The maximum Gasteiger partial charge on any atom is 0.277 e. The quantitative estimate of drug-likeness (QED) is 0.763. The Labute approximate surface area is 178 Å². The number of anilines is 1. The van der Waals surface area contributed by atoms with Crippen molar-refractivity contribution in [3.05, 3.63) is 70.5 Å². The topological polar surface area (TPSA) is 54.5 Å². The monoisotopic (exact) mass is 431 g/mol. The number of carbonyl (C=O) groups is 1. The van der Waals surface area contributed by atoms with Gasteiger partial charge < -0.3 is 10.1 Å². The summed E-state index contributed by atoms with van der Waals surface area (Å²) in [6.07, 6.45) is 5.45. The van der Waals surface area contributed by atoms with Gasteiger partial charge in [-0.05, 0) is 57.4 Å². The summed E-state index contributed by atoms with van der Waals surface area (Å²) in [4.78, 5) is 18.9. The molecule has 0 aliphatic carbocycles. The molecule has 0 spiro atoms. The van der Waals surface area contributed by atoms with Gasteiger partial charge >= 0.3 is 0 Å². The fourth-order valence-electron chi connectivity index (χ4n) is 3.94. The van der Waals surface area contributed by atoms with Gasteiger partial charge in [0.2, 0.25) is 0 Å². The maximum atomic E-state index is 14.5. The van der Waals surface area contributed by atoms with Crippen molar-refractivity contribution in [1.82, 2.24) is 10.3 Å². The van der Waals surface area contributed by atoms with Gasteiger partial charge in [0, 0.05) is 17.7 Å². The first-order valence-electron chi connectivity index (χ1n) is 9.88. The van der Waals surface area contributed by atoms with Crippen LogP contribution < -0.4 is 10.2 Å². The van der Waals surface area contributed by atoms with Crippen molar-refractivity contribution in [3.8, 4) is 0 Å². The van der Waals surface area contributed by atoms with Crippen LogP contribution in [0.2, 0.25) is 0 Å². The number of hydrogen-bond donors (Lipinski definition) is 1. The van der Waals surface area contributed by atoms with Gasteiger partial charge in [0.15, 0.2) is 0 Å². The Morgan fingerprint density at radius 2 is 2.03 bits per heavy atom. The fraction of sp³-hybridized carbons (Fsp3) is 0.364. The molecule has 2 atom stereocenters. The predicted octanol–water partition coefficient (Wildman–Crippen LogP) is 4.66. The van der Waals surface area contributed by atoms with Crippen molar-refractivity contribution in [3.63, 3.8) is 0 Å². The van der Waals surface area contributed by atoms with Gasteiger partial charge in [-0.25, -0.2) is 8.78 Å². The molecule has 0 bridgehead atoms. The molecule has 158 valence electrons. The SMILES string of the molecule is CC1=C(C(=O)N(c2cccnc2)C2CCCCO2)NC(C)(c2c(F)cccc2F)S1. The van der Waals surface area contributed by atoms with Gasteiger partial charge in [-0.3, -0.25) is 14.7 Å². The van der Waals surface area contributed by atoms with Gasteiger partial charge in [-0.1, -0.05) is 17.8 Å². The van der Waals surface area contributed by atoms with E-state index < -0.39 is 22.7 Å². The molecule has 1 amide bonds. The highest BCUT2D eigenvalue weighted by molar-refractivity contribution is 8.04. The first-order chi connectivity index (χ1) is 14.4. The predicted molar refractivity (Wildman–Crippen MR) is 112 cm³/mol. The van der Waals surface area contributed by atoms with Crippen LogP contribution in [-0.4, -0.2) is 23.7 Å². The number of nitrogens with one attached hydrogen (secondary N) is 1. The molecule has 1 N–H and O–H groups in total. The van der Waals surface area contributed by atoms with Gasteiger partial charge in [0.1, 0.15) is 28.4 Å². The molecule has 1 aromatic heterocycles. The Hall–Kier alpha value is -2.45. The third-order valence-electron chi connectivity index (χ3n) is 5.31. The third kappa shape index (κ3) is 3.81. The van der Waals surface area contributed by atoms with Gasteiger partial charge in [0.05, 0.1) is 17.4 Å². The summed E-state index contributed by atoms with van der Waals surface area (Å²) in [5.74, 6) is -1.61. The van der Waals surface area contributed by atoms with Crippen LogP contribution in [0.15, 0.2) is 53.3 Å². The van der Waals surface area contributed by atoms with E-state index in [2.05, 4.69) is 10.3 Å². The van der Waals surface area contributed by atoms with E-state index in [0.29, 0.717) is 29.3 Å². The number of thioether (sulfide) groups is 1. The number of halogens is 2. The van der Waals surface area contributed by atoms with E-state index in [1.165, 1.54) is 30.0 Å². The number of rotatable bonds is 4. The van der Waals surface area contributed by atoms with Crippen LogP contribution >= 0.6 is 11.8 Å². The first-order valence-corrected chi connectivity index (χ1v) is 10.7. The zero-order valence-electron chi connectivity index (χ0n) is 16.8. The van der Waals surface area contributed by atoms with Crippen LogP contribution in [0, 0.1) is 11.6 Å². The summed E-state index contributed by atoms with van der Waals surface area (Å²) >= 11 is 1.23. The minimum absolute atomic E-state index is 0.0982. The average Bonchev–Trinajstić information content (AvgIpc) is 3.04. The second-order valence-electron chi connectivity index (χ2n) is 7.50. The smallest absolute Gasteiger partial charge is 0.277 e. The summed E-state index contributed by atoms with van der Waals surface area (Å²) in [5.41, 5.74) is 0.828. The molecule has 2 aliphatic heterocycles. The van der Waals surface area contributed by atoms with Crippen molar-refractivity contribution < 1.29 is 18.3 Å². The number of hydrogen-bond acceptors (Lipinski definition) is 5. The molecule has 2 unspecified atom stereocenters. The van der Waals surface area contributed by atoms with E-state index in [-0.39, 0.29) is 11.5 Å². The second-order valence-corrected chi connectivity index (χ2v) is 9.13. The molecule has 1 saturated heterocycles. The minimum Gasteiger partial charge on any atom is -0.362 e. The lowest BCUT2D eigenvalue weighted by atomic mass is 10.1. The molecule has 0 radical (unpaired) electrons. The zero-order chi connectivity index (χ0) is 21.3. The number of carbonyl (C=O) groups excluding carboxylic acids is 1. The Morgan fingerprint density at radius 3 is 2.67 bits per heavy atom. The van der Waals surface area contributed by atoms with Crippen LogP contribution in [0.25, 0.3) is 0 Å². The van der Waals surface area contributed by atoms with Crippen molar-refractivity contribution >= 4 is 23.4 Å². The van der Waals surface area contributed by atoms with E-state index in [1.54, 1.807) is 43.3 Å². The normalized spacial score (nSPS) is 23.9. The fourth-order valence-corrected chi connectivity index (χ4v) is 5.24. The van der Waals surface area contributed by atoms with E-state index in [4.69, 9.17) is 4.74 Å². The number of nitrogens with zero attached hydrogens (tertiary/aromatic N) is 2.